The summed E-state index contributed by atoms with van der Waals surface area (Å²) >= 11 is 6.01. The van der Waals surface area contributed by atoms with Gasteiger partial charge in [-0.3, -0.25) is 0 Å². The Morgan fingerprint density at radius 2 is 2.10 bits per heavy atom. The van der Waals surface area contributed by atoms with E-state index in [-0.39, 0.29) is 12.5 Å². The fourth-order valence-corrected chi connectivity index (χ4v) is 2.35. The van der Waals surface area contributed by atoms with E-state index in [0.717, 1.165) is 22.1 Å². The normalized spacial score (nSPS) is 11.0. The van der Waals surface area contributed by atoms with Gasteiger partial charge in [0.25, 0.3) is 0 Å². The lowest BCUT2D eigenvalue weighted by atomic mass is 10.2. The second kappa shape index (κ2) is 6.87. The van der Waals surface area contributed by atoms with Crippen LogP contribution < -0.4 is 4.90 Å². The summed E-state index contributed by atoms with van der Waals surface area (Å²) in [7, 11) is 1.95. The molecule has 112 valence electrons. The Kier molecular flexibility index (Phi) is 5.15. The molecule has 2 rings (SSSR count). The Balaban J connectivity index is 2.24. The van der Waals surface area contributed by atoms with Crippen LogP contribution in [-0.2, 0) is 13.2 Å². The Labute approximate surface area is 130 Å². The molecule has 21 heavy (non-hydrogen) atoms. The van der Waals surface area contributed by atoms with Crippen LogP contribution in [0.2, 0.25) is 5.02 Å². The molecule has 0 bridgehead atoms. The van der Waals surface area contributed by atoms with Crippen LogP contribution in [0.1, 0.15) is 36.8 Å². The lowest BCUT2D eigenvalue weighted by Crippen LogP contribution is -2.20. The Hall–Kier alpha value is -1.65. The van der Waals surface area contributed by atoms with Crippen LogP contribution >= 0.6 is 11.6 Å². The van der Waals surface area contributed by atoms with Crippen molar-refractivity contribution >= 4 is 17.3 Å². The molecule has 0 unspecified atom stereocenters. The van der Waals surface area contributed by atoms with Gasteiger partial charge in [0.15, 0.2) is 0 Å². The van der Waals surface area contributed by atoms with Gasteiger partial charge < -0.3 is 10.0 Å². The molecule has 0 aliphatic heterocycles. The second-order valence-corrected chi connectivity index (χ2v) is 5.80. The van der Waals surface area contributed by atoms with Gasteiger partial charge in [-0.05, 0) is 17.7 Å². The van der Waals surface area contributed by atoms with E-state index in [1.54, 1.807) is 6.20 Å². The van der Waals surface area contributed by atoms with Crippen molar-refractivity contribution in [3.8, 4) is 0 Å². The zero-order chi connectivity index (χ0) is 15.4. The van der Waals surface area contributed by atoms with Crippen LogP contribution in [0.3, 0.4) is 0 Å². The van der Waals surface area contributed by atoms with E-state index in [1.165, 1.54) is 0 Å². The number of hydrogen-bond acceptors (Lipinski definition) is 4. The summed E-state index contributed by atoms with van der Waals surface area (Å²) in [5.74, 6) is 0.988. The summed E-state index contributed by atoms with van der Waals surface area (Å²) < 4.78 is 0. The van der Waals surface area contributed by atoms with E-state index in [0.29, 0.717) is 12.2 Å². The van der Waals surface area contributed by atoms with Gasteiger partial charge in [0.05, 0.1) is 24.2 Å². The molecule has 1 N–H and O–H groups in total. The summed E-state index contributed by atoms with van der Waals surface area (Å²) in [6.45, 7) is 4.65. The minimum Gasteiger partial charge on any atom is -0.390 e. The number of aromatic nitrogens is 2. The molecule has 4 nitrogen and oxygen atoms in total. The van der Waals surface area contributed by atoms with Gasteiger partial charge in [0, 0.05) is 24.5 Å². The maximum Gasteiger partial charge on any atom is 0.131 e. The van der Waals surface area contributed by atoms with Gasteiger partial charge in [0.2, 0.25) is 0 Å². The number of aliphatic hydroxyl groups is 1. The van der Waals surface area contributed by atoms with Crippen LogP contribution in [0.4, 0.5) is 5.69 Å². The summed E-state index contributed by atoms with van der Waals surface area (Å²) in [6, 6.07) is 7.73. The molecule has 0 aliphatic rings. The molecule has 0 radical (unpaired) electrons. The predicted molar refractivity (Wildman–Crippen MR) is 85.6 cm³/mol. The molecule has 0 atom stereocenters. The lowest BCUT2D eigenvalue weighted by Gasteiger charge is -2.22. The Morgan fingerprint density at radius 1 is 1.33 bits per heavy atom. The summed E-state index contributed by atoms with van der Waals surface area (Å²) in [6.07, 6.45) is 1.78. The first-order valence-corrected chi connectivity index (χ1v) is 7.31. The van der Waals surface area contributed by atoms with E-state index in [2.05, 4.69) is 9.97 Å². The van der Waals surface area contributed by atoms with Crippen molar-refractivity contribution in [2.45, 2.75) is 32.9 Å². The zero-order valence-electron chi connectivity index (χ0n) is 12.5. The van der Waals surface area contributed by atoms with Crippen LogP contribution in [-0.4, -0.2) is 22.1 Å². The van der Waals surface area contributed by atoms with E-state index < -0.39 is 0 Å². The third-order valence-corrected chi connectivity index (χ3v) is 3.49. The first-order chi connectivity index (χ1) is 10.0. The molecular formula is C16H20ClN3O. The first kappa shape index (κ1) is 15.7. The van der Waals surface area contributed by atoms with Gasteiger partial charge in [0.1, 0.15) is 5.82 Å². The fraction of sp³-hybridized carbons (Fsp3) is 0.375. The molecule has 1 heterocycles. The van der Waals surface area contributed by atoms with Gasteiger partial charge >= 0.3 is 0 Å². The molecular weight excluding hydrogens is 286 g/mol. The number of rotatable bonds is 5. The third-order valence-electron chi connectivity index (χ3n) is 3.25. The average molecular weight is 306 g/mol. The molecule has 1 aromatic carbocycles. The van der Waals surface area contributed by atoms with Gasteiger partial charge in [-0.2, -0.15) is 0 Å². The summed E-state index contributed by atoms with van der Waals surface area (Å²) in [5.41, 5.74) is 2.59. The highest BCUT2D eigenvalue weighted by Gasteiger charge is 2.12. The van der Waals surface area contributed by atoms with Crippen LogP contribution in [0.15, 0.2) is 30.5 Å². The van der Waals surface area contributed by atoms with Crippen molar-refractivity contribution in [1.29, 1.82) is 0 Å². The highest BCUT2D eigenvalue weighted by atomic mass is 35.5. The number of hydrogen-bond donors (Lipinski definition) is 1. The van der Waals surface area contributed by atoms with E-state index in [1.807, 2.05) is 50.1 Å². The Bertz CT molecular complexity index is 616. The van der Waals surface area contributed by atoms with Crippen molar-refractivity contribution < 1.29 is 5.11 Å². The van der Waals surface area contributed by atoms with E-state index >= 15 is 0 Å². The molecule has 2 aromatic rings. The standard InChI is InChI=1S/C16H20ClN3O/c1-11(2)16-18-8-15(14(10-21)19-16)20(3)9-12-5-4-6-13(17)7-12/h4-8,11,21H,9-10H2,1-3H3. The van der Waals surface area contributed by atoms with Crippen molar-refractivity contribution in [1.82, 2.24) is 9.97 Å². The molecule has 0 spiro atoms. The van der Waals surface area contributed by atoms with Gasteiger partial charge in [-0.1, -0.05) is 37.6 Å². The van der Waals surface area contributed by atoms with Gasteiger partial charge in [-0.15, -0.1) is 0 Å². The third kappa shape index (κ3) is 3.93. The maximum atomic E-state index is 9.55. The smallest absolute Gasteiger partial charge is 0.131 e. The fourth-order valence-electron chi connectivity index (χ4n) is 2.13. The summed E-state index contributed by atoms with van der Waals surface area (Å²) in [4.78, 5) is 10.8. The highest BCUT2D eigenvalue weighted by molar-refractivity contribution is 6.30. The monoisotopic (exact) mass is 305 g/mol. The van der Waals surface area contributed by atoms with E-state index in [4.69, 9.17) is 11.6 Å². The molecule has 0 aliphatic carbocycles. The number of nitrogens with zero attached hydrogens (tertiary/aromatic N) is 3. The Morgan fingerprint density at radius 3 is 2.71 bits per heavy atom. The molecule has 0 saturated heterocycles. The van der Waals surface area contributed by atoms with Crippen molar-refractivity contribution in [3.05, 3.63) is 52.6 Å². The van der Waals surface area contributed by atoms with Crippen molar-refractivity contribution in [2.75, 3.05) is 11.9 Å². The first-order valence-electron chi connectivity index (χ1n) is 6.93. The minimum atomic E-state index is -0.0997. The predicted octanol–water partition coefficient (Wildman–Crippen LogP) is 3.38. The topological polar surface area (TPSA) is 49.2 Å². The van der Waals surface area contributed by atoms with Crippen molar-refractivity contribution in [2.24, 2.45) is 0 Å². The van der Waals surface area contributed by atoms with Crippen LogP contribution in [0.5, 0.6) is 0 Å². The number of benzene rings is 1. The van der Waals surface area contributed by atoms with Gasteiger partial charge in [-0.25, -0.2) is 9.97 Å². The molecule has 5 heteroatoms. The second-order valence-electron chi connectivity index (χ2n) is 5.36. The lowest BCUT2D eigenvalue weighted by molar-refractivity contribution is 0.276. The van der Waals surface area contributed by atoms with Crippen molar-refractivity contribution in [3.63, 3.8) is 0 Å². The van der Waals surface area contributed by atoms with E-state index in [9.17, 15) is 5.11 Å². The maximum absolute atomic E-state index is 9.55. The quantitative estimate of drug-likeness (QED) is 0.920. The average Bonchev–Trinajstić information content (AvgIpc) is 2.46. The molecule has 0 amide bonds. The molecule has 0 fully saturated rings. The molecule has 1 aromatic heterocycles. The highest BCUT2D eigenvalue weighted by Crippen LogP contribution is 2.22. The number of anilines is 1. The molecule has 0 saturated carbocycles. The summed E-state index contributed by atoms with van der Waals surface area (Å²) in [5, 5.41) is 10.3. The largest absolute Gasteiger partial charge is 0.390 e. The number of halogens is 1. The van der Waals surface area contributed by atoms with Crippen LogP contribution in [0.25, 0.3) is 0 Å². The minimum absolute atomic E-state index is 0.0997. The SMILES string of the molecule is CC(C)c1ncc(N(C)Cc2cccc(Cl)c2)c(CO)n1. The zero-order valence-corrected chi connectivity index (χ0v) is 13.3. The van der Waals surface area contributed by atoms with Crippen LogP contribution in [0, 0.1) is 0 Å². The number of aliphatic hydroxyl groups excluding tert-OH is 1.